The Morgan fingerprint density at radius 3 is 2.84 bits per heavy atom. The number of hydrogen-bond acceptors (Lipinski definition) is 5. The van der Waals surface area contributed by atoms with E-state index < -0.39 is 0 Å². The van der Waals surface area contributed by atoms with E-state index in [0.29, 0.717) is 31.0 Å². The zero-order chi connectivity index (χ0) is 21.6. The number of carbonyl (C=O) groups is 2. The molecule has 0 unspecified atom stereocenters. The van der Waals surface area contributed by atoms with E-state index in [1.165, 1.54) is 12.5 Å². The molecular formula is C23H27N5O3. The van der Waals surface area contributed by atoms with E-state index in [-0.39, 0.29) is 17.7 Å². The lowest BCUT2D eigenvalue weighted by Gasteiger charge is -2.31. The highest BCUT2D eigenvalue weighted by atomic mass is 16.3. The molecule has 3 aromatic rings. The SMILES string of the molecule is Nc1cc(CCCNC(=O)[C@@H]2CCCN(C(=O)c3ccoc3)C2)nn1-c1ccccc1. The Labute approximate surface area is 181 Å². The van der Waals surface area contributed by atoms with Crippen molar-refractivity contribution in [2.75, 3.05) is 25.4 Å². The van der Waals surface area contributed by atoms with Crippen LogP contribution in [-0.2, 0) is 11.2 Å². The fourth-order valence-electron chi connectivity index (χ4n) is 3.91. The van der Waals surface area contributed by atoms with Crippen LogP contribution in [0, 0.1) is 5.92 Å². The Morgan fingerprint density at radius 2 is 2.06 bits per heavy atom. The predicted molar refractivity (Wildman–Crippen MR) is 117 cm³/mol. The lowest BCUT2D eigenvalue weighted by atomic mass is 9.96. The van der Waals surface area contributed by atoms with Crippen LogP contribution >= 0.6 is 0 Å². The molecule has 31 heavy (non-hydrogen) atoms. The summed E-state index contributed by atoms with van der Waals surface area (Å²) in [5.41, 5.74) is 8.43. The van der Waals surface area contributed by atoms with E-state index in [4.69, 9.17) is 10.2 Å². The fraction of sp³-hybridized carbons (Fsp3) is 0.348. The number of anilines is 1. The van der Waals surface area contributed by atoms with Crippen LogP contribution in [0.2, 0.25) is 0 Å². The van der Waals surface area contributed by atoms with Gasteiger partial charge in [0.05, 0.1) is 29.1 Å². The third-order valence-corrected chi connectivity index (χ3v) is 5.54. The number of nitrogens with zero attached hydrogens (tertiary/aromatic N) is 3. The first kappa shape index (κ1) is 20.7. The van der Waals surface area contributed by atoms with E-state index in [2.05, 4.69) is 10.4 Å². The maximum atomic E-state index is 12.6. The first-order chi connectivity index (χ1) is 15.1. The molecule has 1 aliphatic heterocycles. The zero-order valence-corrected chi connectivity index (χ0v) is 17.4. The average molecular weight is 422 g/mol. The number of carbonyl (C=O) groups excluding carboxylic acids is 2. The van der Waals surface area contributed by atoms with E-state index in [0.717, 1.165) is 37.1 Å². The molecule has 8 heteroatoms. The number of benzene rings is 1. The number of hydrogen-bond donors (Lipinski definition) is 2. The summed E-state index contributed by atoms with van der Waals surface area (Å²) in [5.74, 6) is 0.323. The molecule has 4 rings (SSSR count). The molecule has 162 valence electrons. The zero-order valence-electron chi connectivity index (χ0n) is 17.4. The minimum atomic E-state index is -0.183. The summed E-state index contributed by atoms with van der Waals surface area (Å²) in [4.78, 5) is 26.8. The molecule has 0 aliphatic carbocycles. The van der Waals surface area contributed by atoms with Crippen molar-refractivity contribution in [3.05, 3.63) is 66.2 Å². The molecule has 0 saturated carbocycles. The van der Waals surface area contributed by atoms with Gasteiger partial charge in [-0.05, 0) is 43.9 Å². The highest BCUT2D eigenvalue weighted by Gasteiger charge is 2.29. The van der Waals surface area contributed by atoms with Crippen LogP contribution in [0.1, 0.15) is 35.3 Å². The molecule has 1 aromatic carbocycles. The second-order valence-corrected chi connectivity index (χ2v) is 7.80. The Kier molecular flexibility index (Phi) is 6.35. The van der Waals surface area contributed by atoms with Crippen molar-refractivity contribution in [1.29, 1.82) is 0 Å². The van der Waals surface area contributed by atoms with Crippen LogP contribution in [0.15, 0.2) is 59.4 Å². The molecule has 0 radical (unpaired) electrons. The van der Waals surface area contributed by atoms with Gasteiger partial charge < -0.3 is 20.4 Å². The number of furan rings is 1. The molecule has 3 N–H and O–H groups in total. The van der Waals surface area contributed by atoms with E-state index >= 15 is 0 Å². The number of amides is 2. The van der Waals surface area contributed by atoms with Gasteiger partial charge in [0.25, 0.3) is 5.91 Å². The first-order valence-electron chi connectivity index (χ1n) is 10.6. The summed E-state index contributed by atoms with van der Waals surface area (Å²) in [6.45, 7) is 1.66. The topological polar surface area (TPSA) is 106 Å². The third-order valence-electron chi connectivity index (χ3n) is 5.54. The smallest absolute Gasteiger partial charge is 0.257 e. The van der Waals surface area contributed by atoms with E-state index in [1.54, 1.807) is 15.6 Å². The maximum Gasteiger partial charge on any atom is 0.257 e. The van der Waals surface area contributed by atoms with Crippen LogP contribution in [-0.4, -0.2) is 46.1 Å². The quantitative estimate of drug-likeness (QED) is 0.571. The van der Waals surface area contributed by atoms with Crippen molar-refractivity contribution >= 4 is 17.6 Å². The molecule has 0 bridgehead atoms. The standard InChI is InChI=1S/C23H27N5O3/c24-21-14-19(26-28(21)20-8-2-1-3-9-20)7-4-11-25-22(29)17-6-5-12-27(15-17)23(30)18-10-13-31-16-18/h1-3,8-10,13-14,16-17H,4-7,11-12,15,24H2,(H,25,29)/t17-/m1/s1. The highest BCUT2D eigenvalue weighted by Crippen LogP contribution is 2.19. The lowest BCUT2D eigenvalue weighted by molar-refractivity contribution is -0.126. The van der Waals surface area contributed by atoms with Gasteiger partial charge in [-0.15, -0.1) is 0 Å². The second kappa shape index (κ2) is 9.51. The number of nitrogen functional groups attached to an aromatic ring is 1. The summed E-state index contributed by atoms with van der Waals surface area (Å²) in [7, 11) is 0. The molecule has 1 aliphatic rings. The number of nitrogens with one attached hydrogen (secondary N) is 1. The van der Waals surface area contributed by atoms with Crippen molar-refractivity contribution in [1.82, 2.24) is 20.0 Å². The third kappa shape index (κ3) is 4.96. The molecule has 2 aromatic heterocycles. The van der Waals surface area contributed by atoms with Crippen molar-refractivity contribution < 1.29 is 14.0 Å². The number of piperidine rings is 1. The molecule has 2 amide bonds. The summed E-state index contributed by atoms with van der Waals surface area (Å²) in [5, 5.41) is 7.58. The second-order valence-electron chi connectivity index (χ2n) is 7.80. The number of aryl methyl sites for hydroxylation is 1. The molecule has 1 fully saturated rings. The Hall–Kier alpha value is -3.55. The van der Waals surface area contributed by atoms with Crippen molar-refractivity contribution in [2.45, 2.75) is 25.7 Å². The van der Waals surface area contributed by atoms with Crippen LogP contribution in [0.4, 0.5) is 5.82 Å². The summed E-state index contributed by atoms with van der Waals surface area (Å²) in [6.07, 6.45) is 6.02. The number of aromatic nitrogens is 2. The monoisotopic (exact) mass is 421 g/mol. The van der Waals surface area contributed by atoms with Crippen LogP contribution in [0.5, 0.6) is 0 Å². The van der Waals surface area contributed by atoms with Crippen LogP contribution in [0.3, 0.4) is 0 Å². The largest absolute Gasteiger partial charge is 0.472 e. The average Bonchev–Trinajstić information content (AvgIpc) is 3.47. The molecule has 3 heterocycles. The van der Waals surface area contributed by atoms with Gasteiger partial charge in [-0.3, -0.25) is 9.59 Å². The number of nitrogens with two attached hydrogens (primary N) is 1. The van der Waals surface area contributed by atoms with Gasteiger partial charge in [-0.25, -0.2) is 4.68 Å². The van der Waals surface area contributed by atoms with Gasteiger partial charge in [-0.1, -0.05) is 18.2 Å². The minimum Gasteiger partial charge on any atom is -0.472 e. The Bertz CT molecular complexity index is 1010. The lowest BCUT2D eigenvalue weighted by Crippen LogP contribution is -2.45. The van der Waals surface area contributed by atoms with Crippen LogP contribution < -0.4 is 11.1 Å². The van der Waals surface area contributed by atoms with Gasteiger partial charge in [-0.2, -0.15) is 5.10 Å². The Balaban J connectivity index is 1.24. The van der Waals surface area contributed by atoms with Gasteiger partial charge in [0.15, 0.2) is 0 Å². The van der Waals surface area contributed by atoms with Gasteiger partial charge in [0, 0.05) is 25.7 Å². The van der Waals surface area contributed by atoms with E-state index in [9.17, 15) is 9.59 Å². The van der Waals surface area contributed by atoms with Crippen LogP contribution in [0.25, 0.3) is 5.69 Å². The molecule has 1 saturated heterocycles. The fourth-order valence-corrected chi connectivity index (χ4v) is 3.91. The first-order valence-corrected chi connectivity index (χ1v) is 10.6. The van der Waals surface area contributed by atoms with E-state index in [1.807, 2.05) is 36.4 Å². The summed E-state index contributed by atoms with van der Waals surface area (Å²) in [6, 6.07) is 13.3. The summed E-state index contributed by atoms with van der Waals surface area (Å²) < 4.78 is 6.72. The maximum absolute atomic E-state index is 12.6. The molecule has 0 spiro atoms. The number of rotatable bonds is 7. The van der Waals surface area contributed by atoms with Gasteiger partial charge in [0.1, 0.15) is 12.1 Å². The van der Waals surface area contributed by atoms with Crippen molar-refractivity contribution in [2.24, 2.45) is 5.92 Å². The number of para-hydroxylation sites is 1. The van der Waals surface area contributed by atoms with Gasteiger partial charge >= 0.3 is 0 Å². The molecular weight excluding hydrogens is 394 g/mol. The number of likely N-dealkylation sites (tertiary alicyclic amines) is 1. The van der Waals surface area contributed by atoms with Crippen molar-refractivity contribution in [3.63, 3.8) is 0 Å². The molecule has 1 atom stereocenters. The molecule has 8 nitrogen and oxygen atoms in total. The van der Waals surface area contributed by atoms with Gasteiger partial charge in [0.2, 0.25) is 5.91 Å². The summed E-state index contributed by atoms with van der Waals surface area (Å²) >= 11 is 0. The highest BCUT2D eigenvalue weighted by molar-refractivity contribution is 5.94. The van der Waals surface area contributed by atoms with Crippen molar-refractivity contribution in [3.8, 4) is 5.69 Å². The minimum absolute atomic E-state index is 0.000905. The predicted octanol–water partition coefficient (Wildman–Crippen LogP) is 2.65. The Morgan fingerprint density at radius 1 is 1.23 bits per heavy atom. The normalized spacial score (nSPS) is 16.3.